The monoisotopic (exact) mass is 199 g/mol. The molecule has 5 N–H and O–H groups in total. The third-order valence-corrected chi connectivity index (χ3v) is 2.68. The summed E-state index contributed by atoms with van der Waals surface area (Å²) in [7, 11) is 0. The second-order valence-electron chi connectivity index (χ2n) is 3.82. The largest absolute Gasteiger partial charge is 0.351 e. The van der Waals surface area contributed by atoms with E-state index in [1.807, 2.05) is 0 Å². The molecule has 1 aliphatic rings. The van der Waals surface area contributed by atoms with Gasteiger partial charge in [0.05, 0.1) is 0 Å². The van der Waals surface area contributed by atoms with Crippen molar-refractivity contribution in [1.82, 2.24) is 5.32 Å². The highest BCUT2D eigenvalue weighted by Gasteiger charge is 2.24. The van der Waals surface area contributed by atoms with Gasteiger partial charge in [0.2, 0.25) is 5.91 Å². The predicted octanol–water partition coefficient (Wildman–Crippen LogP) is 0.0889. The lowest BCUT2D eigenvalue weighted by Gasteiger charge is -2.27. The average molecular weight is 199 g/mol. The van der Waals surface area contributed by atoms with Gasteiger partial charge in [0.25, 0.3) is 0 Å². The SMILES string of the molecule is NC(=O)NC(=O)CC1CCCCC1N. The Hall–Kier alpha value is -1.10. The maximum atomic E-state index is 11.2. The summed E-state index contributed by atoms with van der Waals surface area (Å²) >= 11 is 0. The van der Waals surface area contributed by atoms with Gasteiger partial charge in [-0.25, -0.2) is 4.79 Å². The van der Waals surface area contributed by atoms with Crippen molar-refractivity contribution < 1.29 is 9.59 Å². The number of imide groups is 1. The molecule has 0 spiro atoms. The molecule has 14 heavy (non-hydrogen) atoms. The standard InChI is InChI=1S/C9H17N3O2/c10-7-4-2-1-3-6(7)5-8(13)12-9(11)14/h6-7H,1-5,10H2,(H3,11,12,13,14). The maximum Gasteiger partial charge on any atom is 0.318 e. The molecule has 0 saturated heterocycles. The third kappa shape index (κ3) is 3.33. The van der Waals surface area contributed by atoms with Crippen molar-refractivity contribution >= 4 is 11.9 Å². The number of nitrogens with two attached hydrogens (primary N) is 2. The Morgan fingerprint density at radius 3 is 2.50 bits per heavy atom. The topological polar surface area (TPSA) is 98.2 Å². The fourth-order valence-corrected chi connectivity index (χ4v) is 1.92. The van der Waals surface area contributed by atoms with Crippen molar-refractivity contribution in [3.8, 4) is 0 Å². The predicted molar refractivity (Wildman–Crippen MR) is 52.3 cm³/mol. The van der Waals surface area contributed by atoms with Crippen LogP contribution in [0, 0.1) is 5.92 Å². The molecule has 3 amide bonds. The van der Waals surface area contributed by atoms with Gasteiger partial charge >= 0.3 is 6.03 Å². The molecule has 2 unspecified atom stereocenters. The molecule has 0 heterocycles. The molecule has 0 aromatic rings. The number of amides is 3. The third-order valence-electron chi connectivity index (χ3n) is 2.68. The Balaban J connectivity index is 2.34. The van der Waals surface area contributed by atoms with E-state index in [0.717, 1.165) is 25.7 Å². The molecule has 80 valence electrons. The second-order valence-corrected chi connectivity index (χ2v) is 3.82. The summed E-state index contributed by atoms with van der Waals surface area (Å²) in [6.07, 6.45) is 4.49. The van der Waals surface area contributed by atoms with Gasteiger partial charge in [-0.2, -0.15) is 0 Å². The van der Waals surface area contributed by atoms with Crippen molar-refractivity contribution in [2.75, 3.05) is 0 Å². The minimum Gasteiger partial charge on any atom is -0.351 e. The van der Waals surface area contributed by atoms with E-state index in [0.29, 0.717) is 6.42 Å². The average Bonchev–Trinajstić information content (AvgIpc) is 2.07. The molecule has 5 nitrogen and oxygen atoms in total. The molecular formula is C9H17N3O2. The van der Waals surface area contributed by atoms with Crippen LogP contribution < -0.4 is 16.8 Å². The van der Waals surface area contributed by atoms with Crippen LogP contribution in [0.4, 0.5) is 4.79 Å². The number of rotatable bonds is 2. The van der Waals surface area contributed by atoms with Crippen LogP contribution in [0.2, 0.25) is 0 Å². The van der Waals surface area contributed by atoms with Crippen LogP contribution >= 0.6 is 0 Å². The summed E-state index contributed by atoms with van der Waals surface area (Å²) in [6.45, 7) is 0. The molecule has 0 radical (unpaired) electrons. The highest BCUT2D eigenvalue weighted by molar-refractivity contribution is 5.93. The van der Waals surface area contributed by atoms with E-state index >= 15 is 0 Å². The number of primary amides is 1. The van der Waals surface area contributed by atoms with Crippen molar-refractivity contribution in [3.63, 3.8) is 0 Å². The molecule has 5 heteroatoms. The van der Waals surface area contributed by atoms with Gasteiger partial charge in [0, 0.05) is 12.5 Å². The Morgan fingerprint density at radius 2 is 1.93 bits per heavy atom. The molecule has 1 fully saturated rings. The highest BCUT2D eigenvalue weighted by atomic mass is 16.2. The first kappa shape index (κ1) is 11.0. The van der Waals surface area contributed by atoms with Crippen molar-refractivity contribution in [2.24, 2.45) is 17.4 Å². The molecule has 0 aliphatic heterocycles. The minimum atomic E-state index is -0.792. The van der Waals surface area contributed by atoms with Crippen molar-refractivity contribution in [1.29, 1.82) is 0 Å². The van der Waals surface area contributed by atoms with Gasteiger partial charge in [0.1, 0.15) is 0 Å². The zero-order valence-corrected chi connectivity index (χ0v) is 8.16. The lowest BCUT2D eigenvalue weighted by molar-refractivity contribution is -0.121. The first-order valence-electron chi connectivity index (χ1n) is 4.94. The Labute approximate surface area is 83.2 Å². The molecule has 2 atom stereocenters. The molecule has 0 bridgehead atoms. The van der Waals surface area contributed by atoms with E-state index in [2.05, 4.69) is 5.32 Å². The smallest absolute Gasteiger partial charge is 0.318 e. The van der Waals surface area contributed by atoms with Crippen LogP contribution in [0.3, 0.4) is 0 Å². The number of carbonyl (C=O) groups excluding carboxylic acids is 2. The summed E-state index contributed by atoms with van der Waals surface area (Å²) in [4.78, 5) is 21.6. The van der Waals surface area contributed by atoms with E-state index < -0.39 is 6.03 Å². The number of urea groups is 1. The first-order chi connectivity index (χ1) is 6.59. The summed E-state index contributed by atoms with van der Waals surface area (Å²) in [6, 6.07) is -0.707. The van der Waals surface area contributed by atoms with E-state index in [1.165, 1.54) is 0 Å². The van der Waals surface area contributed by atoms with Crippen LogP contribution in [0.15, 0.2) is 0 Å². The van der Waals surface area contributed by atoms with Gasteiger partial charge in [0.15, 0.2) is 0 Å². The Morgan fingerprint density at radius 1 is 1.29 bits per heavy atom. The summed E-state index contributed by atoms with van der Waals surface area (Å²) in [5.74, 6) is -0.122. The number of hydrogen-bond donors (Lipinski definition) is 3. The second kappa shape index (κ2) is 4.95. The normalized spacial score (nSPS) is 26.9. The van der Waals surface area contributed by atoms with Gasteiger partial charge in [-0.15, -0.1) is 0 Å². The highest BCUT2D eigenvalue weighted by Crippen LogP contribution is 2.25. The van der Waals surface area contributed by atoms with E-state index in [9.17, 15) is 9.59 Å². The van der Waals surface area contributed by atoms with Crippen LogP contribution in [0.5, 0.6) is 0 Å². The molecule has 1 rings (SSSR count). The quantitative estimate of drug-likeness (QED) is 0.587. The van der Waals surface area contributed by atoms with Crippen molar-refractivity contribution in [3.05, 3.63) is 0 Å². The van der Waals surface area contributed by atoms with Crippen LogP contribution in [0.25, 0.3) is 0 Å². The molecule has 0 aromatic heterocycles. The maximum absolute atomic E-state index is 11.2. The number of carbonyl (C=O) groups is 2. The molecule has 1 aliphatic carbocycles. The first-order valence-corrected chi connectivity index (χ1v) is 4.94. The van der Waals surface area contributed by atoms with Crippen LogP contribution in [-0.2, 0) is 4.79 Å². The van der Waals surface area contributed by atoms with E-state index in [4.69, 9.17) is 11.5 Å². The van der Waals surface area contributed by atoms with E-state index in [1.54, 1.807) is 0 Å². The fraction of sp³-hybridized carbons (Fsp3) is 0.778. The van der Waals surface area contributed by atoms with Gasteiger partial charge in [-0.1, -0.05) is 12.8 Å². The zero-order valence-electron chi connectivity index (χ0n) is 8.16. The molecule has 1 saturated carbocycles. The van der Waals surface area contributed by atoms with Crippen LogP contribution in [0.1, 0.15) is 32.1 Å². The Bertz CT molecular complexity index is 230. The summed E-state index contributed by atoms with van der Waals surface area (Å²) in [5, 5.41) is 2.05. The van der Waals surface area contributed by atoms with Crippen LogP contribution in [-0.4, -0.2) is 18.0 Å². The lowest BCUT2D eigenvalue weighted by atomic mass is 9.83. The number of hydrogen-bond acceptors (Lipinski definition) is 3. The van der Waals surface area contributed by atoms with Gasteiger partial charge in [-0.05, 0) is 18.8 Å². The van der Waals surface area contributed by atoms with Gasteiger partial charge in [-0.3, -0.25) is 10.1 Å². The van der Waals surface area contributed by atoms with Gasteiger partial charge < -0.3 is 11.5 Å². The van der Waals surface area contributed by atoms with Crippen molar-refractivity contribution in [2.45, 2.75) is 38.1 Å². The number of nitrogens with one attached hydrogen (secondary N) is 1. The zero-order chi connectivity index (χ0) is 10.6. The lowest BCUT2D eigenvalue weighted by Crippen LogP contribution is -2.40. The molecule has 0 aromatic carbocycles. The summed E-state index contributed by atoms with van der Waals surface area (Å²) < 4.78 is 0. The summed E-state index contributed by atoms with van der Waals surface area (Å²) in [5.41, 5.74) is 10.7. The van der Waals surface area contributed by atoms with E-state index in [-0.39, 0.29) is 17.9 Å². The fourth-order valence-electron chi connectivity index (χ4n) is 1.92. The molecular weight excluding hydrogens is 182 g/mol. The Kier molecular flexibility index (Phi) is 3.88. The minimum absolute atomic E-state index is 0.0855.